The Morgan fingerprint density at radius 1 is 1.27 bits per heavy atom. The molecule has 142 valence electrons. The van der Waals surface area contributed by atoms with Crippen LogP contribution in [0.3, 0.4) is 0 Å². The van der Waals surface area contributed by atoms with E-state index in [9.17, 15) is 14.0 Å². The third-order valence-electron chi connectivity index (χ3n) is 4.77. The molecule has 0 radical (unpaired) electrons. The van der Waals surface area contributed by atoms with Crippen LogP contribution in [-0.4, -0.2) is 78.3 Å². The van der Waals surface area contributed by atoms with Gasteiger partial charge in [0.05, 0.1) is 13.1 Å². The monoisotopic (exact) mass is 366 g/mol. The lowest BCUT2D eigenvalue weighted by molar-refractivity contribution is -0.156. The first-order chi connectivity index (χ1) is 12.5. The van der Waals surface area contributed by atoms with E-state index >= 15 is 0 Å². The molecule has 26 heavy (non-hydrogen) atoms. The second-order valence-electron chi connectivity index (χ2n) is 6.65. The van der Waals surface area contributed by atoms with Crippen LogP contribution in [0, 0.1) is 5.82 Å². The van der Waals surface area contributed by atoms with Gasteiger partial charge in [0.1, 0.15) is 30.9 Å². The van der Waals surface area contributed by atoms with Gasteiger partial charge < -0.3 is 19.5 Å². The molecule has 1 aromatic rings. The number of morpholine rings is 1. The summed E-state index contributed by atoms with van der Waals surface area (Å²) < 4.78 is 24.1. The van der Waals surface area contributed by atoms with Crippen molar-refractivity contribution in [1.82, 2.24) is 9.80 Å². The van der Waals surface area contributed by atoms with Crippen molar-refractivity contribution in [1.29, 1.82) is 0 Å². The summed E-state index contributed by atoms with van der Waals surface area (Å²) in [7, 11) is 0. The highest BCUT2D eigenvalue weighted by molar-refractivity contribution is 5.78. The van der Waals surface area contributed by atoms with Gasteiger partial charge in [0.25, 0.3) is 0 Å². The van der Waals surface area contributed by atoms with Crippen LogP contribution in [0.25, 0.3) is 0 Å². The Kier molecular flexibility index (Phi) is 6.05. The highest BCUT2D eigenvalue weighted by Gasteiger charge is 2.34. The highest BCUT2D eigenvalue weighted by Crippen LogP contribution is 2.21. The van der Waals surface area contributed by atoms with Crippen molar-refractivity contribution in [3.63, 3.8) is 0 Å². The van der Waals surface area contributed by atoms with Gasteiger partial charge in [-0.1, -0.05) is 0 Å². The van der Waals surface area contributed by atoms with E-state index in [1.54, 1.807) is 12.1 Å². The Bertz CT molecular complexity index is 631. The molecular weight excluding hydrogens is 343 g/mol. The third-order valence-corrected chi connectivity index (χ3v) is 4.77. The molecule has 0 aliphatic carbocycles. The van der Waals surface area contributed by atoms with Crippen LogP contribution in [0.1, 0.15) is 12.8 Å². The summed E-state index contributed by atoms with van der Waals surface area (Å²) in [4.78, 5) is 26.7. The number of aliphatic carboxylic acids is 1. The molecule has 1 aromatic carbocycles. The molecule has 2 fully saturated rings. The van der Waals surface area contributed by atoms with Gasteiger partial charge in [0.2, 0.25) is 5.91 Å². The number of halogens is 1. The Morgan fingerprint density at radius 3 is 2.62 bits per heavy atom. The van der Waals surface area contributed by atoms with E-state index in [-0.39, 0.29) is 43.6 Å². The Morgan fingerprint density at radius 2 is 1.96 bits per heavy atom. The highest BCUT2D eigenvalue weighted by atomic mass is 19.1. The summed E-state index contributed by atoms with van der Waals surface area (Å²) in [6, 6.07) is 5.87. The maximum absolute atomic E-state index is 12.9. The van der Waals surface area contributed by atoms with Gasteiger partial charge in [-0.15, -0.1) is 0 Å². The minimum absolute atomic E-state index is 0.0206. The number of nitrogens with zero attached hydrogens (tertiary/aromatic N) is 2. The zero-order chi connectivity index (χ0) is 18.5. The van der Waals surface area contributed by atoms with Crippen molar-refractivity contribution in [2.45, 2.75) is 25.0 Å². The Hall–Kier alpha value is -2.19. The third kappa shape index (κ3) is 4.92. The first-order valence-corrected chi connectivity index (χ1v) is 8.75. The Balaban J connectivity index is 1.49. The molecule has 2 aliphatic heterocycles. The number of carbonyl (C=O) groups is 2. The SMILES string of the molecule is O=C(O)CN1CCC(N2C[C@@H](COc3ccc(F)cc3)OCC2=O)CC1. The second-order valence-corrected chi connectivity index (χ2v) is 6.65. The van der Waals surface area contributed by atoms with Gasteiger partial charge in [-0.3, -0.25) is 14.5 Å². The molecule has 0 bridgehead atoms. The largest absolute Gasteiger partial charge is 0.491 e. The molecular formula is C18H23FN2O5. The van der Waals surface area contributed by atoms with Gasteiger partial charge in [-0.2, -0.15) is 0 Å². The van der Waals surface area contributed by atoms with Crippen LogP contribution in [-0.2, 0) is 14.3 Å². The minimum atomic E-state index is -0.830. The van der Waals surface area contributed by atoms with Gasteiger partial charge >= 0.3 is 5.97 Å². The minimum Gasteiger partial charge on any atom is -0.491 e. The van der Waals surface area contributed by atoms with E-state index in [0.717, 1.165) is 12.8 Å². The summed E-state index contributed by atoms with van der Waals surface area (Å²) in [6.07, 6.45) is 1.27. The van der Waals surface area contributed by atoms with E-state index < -0.39 is 5.97 Å². The summed E-state index contributed by atoms with van der Waals surface area (Å²) in [5, 5.41) is 8.87. The summed E-state index contributed by atoms with van der Waals surface area (Å²) in [5.41, 5.74) is 0. The molecule has 0 aromatic heterocycles. The van der Waals surface area contributed by atoms with Gasteiger partial charge in [0, 0.05) is 19.1 Å². The summed E-state index contributed by atoms with van der Waals surface area (Å²) in [5.74, 6) is -0.638. The first kappa shape index (κ1) is 18.6. The molecule has 2 saturated heterocycles. The number of amides is 1. The van der Waals surface area contributed by atoms with Crippen molar-refractivity contribution in [3.8, 4) is 5.75 Å². The zero-order valence-electron chi connectivity index (χ0n) is 14.5. The quantitative estimate of drug-likeness (QED) is 0.809. The molecule has 0 unspecified atom stereocenters. The van der Waals surface area contributed by atoms with Crippen molar-refractivity contribution in [3.05, 3.63) is 30.1 Å². The van der Waals surface area contributed by atoms with Crippen molar-refractivity contribution in [2.24, 2.45) is 0 Å². The maximum Gasteiger partial charge on any atom is 0.317 e. The number of hydrogen-bond donors (Lipinski definition) is 1. The average Bonchev–Trinajstić information content (AvgIpc) is 2.63. The van der Waals surface area contributed by atoms with Crippen LogP contribution in [0.15, 0.2) is 24.3 Å². The van der Waals surface area contributed by atoms with Crippen molar-refractivity contribution >= 4 is 11.9 Å². The zero-order valence-corrected chi connectivity index (χ0v) is 14.5. The molecule has 1 atom stereocenters. The smallest absolute Gasteiger partial charge is 0.317 e. The fourth-order valence-corrected chi connectivity index (χ4v) is 3.40. The number of benzene rings is 1. The number of carbonyl (C=O) groups excluding carboxylic acids is 1. The standard InChI is InChI=1S/C18H23FN2O5/c19-13-1-3-15(4-2-13)25-11-16-9-21(17(22)12-26-16)14-5-7-20(8-6-14)10-18(23)24/h1-4,14,16H,5-12H2,(H,23,24)/t16-/m0/s1. The molecule has 1 amide bonds. The van der Waals surface area contributed by atoms with Crippen molar-refractivity contribution in [2.75, 3.05) is 39.4 Å². The number of carboxylic acids is 1. The lowest BCUT2D eigenvalue weighted by atomic mass is 10.0. The van der Waals surface area contributed by atoms with E-state index in [1.807, 2.05) is 9.80 Å². The molecule has 8 heteroatoms. The van der Waals surface area contributed by atoms with Crippen LogP contribution in [0.2, 0.25) is 0 Å². The molecule has 3 rings (SSSR count). The average molecular weight is 366 g/mol. The number of rotatable bonds is 6. The topological polar surface area (TPSA) is 79.3 Å². The van der Waals surface area contributed by atoms with Crippen LogP contribution in [0.5, 0.6) is 5.75 Å². The normalized spacial score (nSPS) is 22.4. The van der Waals surface area contributed by atoms with E-state index in [1.165, 1.54) is 12.1 Å². The molecule has 7 nitrogen and oxygen atoms in total. The lowest BCUT2D eigenvalue weighted by Crippen LogP contribution is -2.55. The molecule has 0 spiro atoms. The maximum atomic E-state index is 12.9. The van der Waals surface area contributed by atoms with Gasteiger partial charge in [-0.25, -0.2) is 4.39 Å². The lowest BCUT2D eigenvalue weighted by Gasteiger charge is -2.41. The van der Waals surface area contributed by atoms with E-state index in [4.69, 9.17) is 14.6 Å². The molecule has 2 heterocycles. The molecule has 2 aliphatic rings. The number of piperidine rings is 1. The van der Waals surface area contributed by atoms with Gasteiger partial charge in [-0.05, 0) is 37.1 Å². The number of hydrogen-bond acceptors (Lipinski definition) is 5. The fraction of sp³-hybridized carbons (Fsp3) is 0.556. The first-order valence-electron chi connectivity index (χ1n) is 8.75. The summed E-state index contributed by atoms with van der Waals surface area (Å²) >= 11 is 0. The van der Waals surface area contributed by atoms with Crippen LogP contribution in [0.4, 0.5) is 4.39 Å². The fourth-order valence-electron chi connectivity index (χ4n) is 3.40. The number of likely N-dealkylation sites (tertiary alicyclic amines) is 1. The van der Waals surface area contributed by atoms with E-state index in [0.29, 0.717) is 25.4 Å². The van der Waals surface area contributed by atoms with E-state index in [2.05, 4.69) is 0 Å². The van der Waals surface area contributed by atoms with Crippen molar-refractivity contribution < 1.29 is 28.6 Å². The predicted octanol–water partition coefficient (Wildman–Crippen LogP) is 0.981. The predicted molar refractivity (Wildman–Crippen MR) is 90.4 cm³/mol. The van der Waals surface area contributed by atoms with Crippen LogP contribution < -0.4 is 4.74 Å². The number of ether oxygens (including phenoxy) is 2. The second kappa shape index (κ2) is 8.46. The Labute approximate surface area is 151 Å². The molecule has 0 saturated carbocycles. The molecule has 1 N–H and O–H groups in total. The summed E-state index contributed by atoms with van der Waals surface area (Å²) in [6.45, 7) is 2.12. The number of carboxylic acid groups (broad SMARTS) is 1. The van der Waals surface area contributed by atoms with Gasteiger partial charge in [0.15, 0.2) is 0 Å². The van der Waals surface area contributed by atoms with Crippen LogP contribution >= 0.6 is 0 Å².